The Hall–Kier alpha value is -3.23. The van der Waals surface area contributed by atoms with E-state index in [4.69, 9.17) is 9.84 Å². The SMILES string of the molecule is COc1ccc(Cn2nc(C(=O)NCC(O)CO)c(=O)c3ccccc32)cc1. The van der Waals surface area contributed by atoms with Gasteiger partial charge in [0.1, 0.15) is 5.75 Å². The summed E-state index contributed by atoms with van der Waals surface area (Å²) in [6.07, 6.45) is -1.11. The number of aliphatic hydroxyl groups excluding tert-OH is 2. The Morgan fingerprint density at radius 3 is 2.61 bits per heavy atom. The van der Waals surface area contributed by atoms with E-state index >= 15 is 0 Å². The molecule has 0 radical (unpaired) electrons. The van der Waals surface area contributed by atoms with Gasteiger partial charge in [-0.05, 0) is 29.8 Å². The molecule has 1 heterocycles. The van der Waals surface area contributed by atoms with Crippen molar-refractivity contribution in [1.29, 1.82) is 0 Å². The number of fused-ring (bicyclic) bond motifs is 1. The summed E-state index contributed by atoms with van der Waals surface area (Å²) >= 11 is 0. The number of rotatable bonds is 7. The highest BCUT2D eigenvalue weighted by molar-refractivity contribution is 5.95. The van der Waals surface area contributed by atoms with Gasteiger partial charge < -0.3 is 20.3 Å². The van der Waals surface area contributed by atoms with Crippen molar-refractivity contribution in [2.75, 3.05) is 20.3 Å². The maximum absolute atomic E-state index is 12.7. The Morgan fingerprint density at radius 1 is 1.21 bits per heavy atom. The van der Waals surface area contributed by atoms with Crippen LogP contribution in [0.4, 0.5) is 0 Å². The van der Waals surface area contributed by atoms with Gasteiger partial charge in [-0.1, -0.05) is 24.3 Å². The van der Waals surface area contributed by atoms with Crippen molar-refractivity contribution in [3.05, 3.63) is 70.0 Å². The first-order valence-corrected chi connectivity index (χ1v) is 8.73. The van der Waals surface area contributed by atoms with Crippen molar-refractivity contribution in [3.8, 4) is 5.75 Å². The van der Waals surface area contributed by atoms with E-state index < -0.39 is 24.0 Å². The number of methoxy groups -OCH3 is 1. The molecule has 0 aliphatic heterocycles. The van der Waals surface area contributed by atoms with Crippen molar-refractivity contribution in [2.24, 2.45) is 0 Å². The van der Waals surface area contributed by atoms with Gasteiger partial charge in [0, 0.05) is 11.9 Å². The molecular weight excluding hydrogens is 362 g/mol. The molecule has 2 aromatic carbocycles. The van der Waals surface area contributed by atoms with Crippen LogP contribution in [0.2, 0.25) is 0 Å². The average molecular weight is 383 g/mol. The van der Waals surface area contributed by atoms with Gasteiger partial charge in [0.15, 0.2) is 5.69 Å². The summed E-state index contributed by atoms with van der Waals surface area (Å²) in [7, 11) is 1.59. The zero-order chi connectivity index (χ0) is 20.1. The normalized spacial score (nSPS) is 12.0. The molecule has 1 unspecified atom stereocenters. The van der Waals surface area contributed by atoms with Crippen molar-refractivity contribution < 1.29 is 19.7 Å². The van der Waals surface area contributed by atoms with Crippen LogP contribution >= 0.6 is 0 Å². The number of nitrogens with one attached hydrogen (secondary N) is 1. The van der Waals surface area contributed by atoms with Crippen LogP contribution in [0.3, 0.4) is 0 Å². The van der Waals surface area contributed by atoms with Crippen LogP contribution < -0.4 is 15.5 Å². The minimum atomic E-state index is -1.11. The van der Waals surface area contributed by atoms with E-state index in [0.717, 1.165) is 11.3 Å². The van der Waals surface area contributed by atoms with Gasteiger partial charge in [-0.25, -0.2) is 0 Å². The number of nitrogens with zero attached hydrogens (tertiary/aromatic N) is 2. The molecule has 28 heavy (non-hydrogen) atoms. The van der Waals surface area contributed by atoms with Crippen molar-refractivity contribution in [3.63, 3.8) is 0 Å². The zero-order valence-corrected chi connectivity index (χ0v) is 15.3. The summed E-state index contributed by atoms with van der Waals surface area (Å²) in [4.78, 5) is 25.1. The number of hydrogen-bond donors (Lipinski definition) is 3. The standard InChI is InChI=1S/C20H21N3O5/c1-28-15-8-6-13(7-9-15)11-23-17-5-3-2-4-16(17)19(26)18(22-23)20(27)21-10-14(25)12-24/h2-9,14,24-25H,10-12H2,1H3,(H,21,27). The van der Waals surface area contributed by atoms with Crippen molar-refractivity contribution >= 4 is 16.8 Å². The largest absolute Gasteiger partial charge is 0.497 e. The first-order chi connectivity index (χ1) is 13.5. The van der Waals surface area contributed by atoms with Crippen LogP contribution in [0.5, 0.6) is 5.75 Å². The van der Waals surface area contributed by atoms with Crippen LogP contribution in [0.1, 0.15) is 16.1 Å². The van der Waals surface area contributed by atoms with E-state index in [1.165, 1.54) is 0 Å². The lowest BCUT2D eigenvalue weighted by atomic mass is 10.1. The molecule has 1 atom stereocenters. The molecule has 3 N–H and O–H groups in total. The molecule has 146 valence electrons. The Labute approximate surface area is 161 Å². The van der Waals surface area contributed by atoms with Gasteiger partial charge in [-0.3, -0.25) is 14.3 Å². The Morgan fingerprint density at radius 2 is 1.93 bits per heavy atom. The number of carbonyl (C=O) groups is 1. The van der Waals surface area contributed by atoms with Crippen molar-refractivity contribution in [2.45, 2.75) is 12.6 Å². The van der Waals surface area contributed by atoms with Crippen LogP contribution in [0, 0.1) is 0 Å². The molecule has 3 rings (SSSR count). The highest BCUT2D eigenvalue weighted by atomic mass is 16.5. The number of aromatic nitrogens is 2. The first-order valence-electron chi connectivity index (χ1n) is 8.73. The molecule has 0 spiro atoms. The summed E-state index contributed by atoms with van der Waals surface area (Å²) in [5, 5.41) is 25.3. The fourth-order valence-electron chi connectivity index (χ4n) is 2.77. The third kappa shape index (κ3) is 4.19. The summed E-state index contributed by atoms with van der Waals surface area (Å²) in [6.45, 7) is -0.320. The first kappa shape index (κ1) is 19.5. The molecule has 0 bridgehead atoms. The third-order valence-electron chi connectivity index (χ3n) is 4.28. The highest BCUT2D eigenvalue weighted by Crippen LogP contribution is 2.15. The fraction of sp³-hybridized carbons (Fsp3) is 0.250. The van der Waals surface area contributed by atoms with Crippen LogP contribution in [-0.4, -0.2) is 52.3 Å². The predicted molar refractivity (Wildman–Crippen MR) is 104 cm³/mol. The average Bonchev–Trinajstić information content (AvgIpc) is 2.74. The van der Waals surface area contributed by atoms with E-state index in [-0.39, 0.29) is 12.2 Å². The number of hydrogen-bond acceptors (Lipinski definition) is 6. The van der Waals surface area contributed by atoms with E-state index in [1.54, 1.807) is 36.1 Å². The number of benzene rings is 2. The molecule has 3 aromatic rings. The minimum Gasteiger partial charge on any atom is -0.497 e. The minimum absolute atomic E-state index is 0.179. The van der Waals surface area contributed by atoms with Gasteiger partial charge in [-0.2, -0.15) is 5.10 Å². The maximum atomic E-state index is 12.7. The lowest BCUT2D eigenvalue weighted by molar-refractivity contribution is 0.0797. The predicted octanol–water partition coefficient (Wildman–Crippen LogP) is 0.536. The lowest BCUT2D eigenvalue weighted by Gasteiger charge is -2.13. The second kappa shape index (κ2) is 8.64. The number of ether oxygens (including phenoxy) is 1. The quantitative estimate of drug-likeness (QED) is 0.549. The lowest BCUT2D eigenvalue weighted by Crippen LogP contribution is -2.37. The summed E-state index contributed by atoms with van der Waals surface area (Å²) in [5.74, 6) is 0.0238. The molecule has 1 amide bonds. The maximum Gasteiger partial charge on any atom is 0.275 e. The summed E-state index contributed by atoms with van der Waals surface area (Å²) in [5.41, 5.74) is 0.773. The smallest absolute Gasteiger partial charge is 0.275 e. The molecular formula is C20H21N3O5. The molecule has 0 fully saturated rings. The molecule has 0 aliphatic rings. The van der Waals surface area contributed by atoms with E-state index in [2.05, 4.69) is 10.4 Å². The van der Waals surface area contributed by atoms with Crippen LogP contribution in [0.25, 0.3) is 10.9 Å². The van der Waals surface area contributed by atoms with E-state index in [0.29, 0.717) is 17.4 Å². The van der Waals surface area contributed by atoms with Gasteiger partial charge in [0.05, 0.1) is 31.9 Å². The van der Waals surface area contributed by atoms with Gasteiger partial charge >= 0.3 is 0 Å². The van der Waals surface area contributed by atoms with Gasteiger partial charge in [-0.15, -0.1) is 0 Å². The second-order valence-electron chi connectivity index (χ2n) is 6.25. The molecule has 0 saturated carbocycles. The highest BCUT2D eigenvalue weighted by Gasteiger charge is 2.18. The number of para-hydroxylation sites is 1. The Bertz CT molecular complexity index is 1030. The number of amides is 1. The van der Waals surface area contributed by atoms with Gasteiger partial charge in [0.2, 0.25) is 5.43 Å². The monoisotopic (exact) mass is 383 g/mol. The zero-order valence-electron chi connectivity index (χ0n) is 15.3. The topological polar surface area (TPSA) is 114 Å². The molecule has 0 saturated heterocycles. The molecule has 8 heteroatoms. The second-order valence-corrected chi connectivity index (χ2v) is 6.25. The fourth-order valence-corrected chi connectivity index (χ4v) is 2.77. The van der Waals surface area contributed by atoms with Crippen molar-refractivity contribution in [1.82, 2.24) is 15.1 Å². The Balaban J connectivity index is 1.99. The molecule has 8 nitrogen and oxygen atoms in total. The molecule has 1 aromatic heterocycles. The van der Waals surface area contributed by atoms with E-state index in [1.807, 2.05) is 24.3 Å². The number of aliphatic hydroxyl groups is 2. The van der Waals surface area contributed by atoms with E-state index in [9.17, 15) is 14.7 Å². The van der Waals surface area contributed by atoms with Crippen LogP contribution in [0.15, 0.2) is 53.3 Å². The molecule has 0 aliphatic carbocycles. The number of carbonyl (C=O) groups excluding carboxylic acids is 1. The van der Waals surface area contributed by atoms with Gasteiger partial charge in [0.25, 0.3) is 5.91 Å². The summed E-state index contributed by atoms with van der Waals surface area (Å²) < 4.78 is 6.75. The third-order valence-corrected chi connectivity index (χ3v) is 4.28. The Kier molecular flexibility index (Phi) is 6.03. The van der Waals surface area contributed by atoms with Crippen LogP contribution in [-0.2, 0) is 6.54 Å². The summed E-state index contributed by atoms with van der Waals surface area (Å²) in [6, 6.07) is 14.3.